The molecule has 0 saturated carbocycles. The Bertz CT molecular complexity index is 1810. The Morgan fingerprint density at radius 2 is 1.78 bits per heavy atom. The number of fused-ring (bicyclic) bond motifs is 1. The predicted molar refractivity (Wildman–Crippen MR) is 192 cm³/mol. The van der Waals surface area contributed by atoms with Crippen molar-refractivity contribution in [3.05, 3.63) is 74.4 Å². The maximum atomic E-state index is 14.1. The molecule has 260 valence electrons. The number of carbonyl (C=O) groups is 3. The fourth-order valence-electron chi connectivity index (χ4n) is 5.49. The van der Waals surface area contributed by atoms with E-state index in [-0.39, 0.29) is 28.1 Å². The highest BCUT2D eigenvalue weighted by atomic mass is 79.9. The van der Waals surface area contributed by atoms with E-state index >= 15 is 0 Å². The van der Waals surface area contributed by atoms with Crippen molar-refractivity contribution in [3.8, 4) is 5.75 Å². The van der Waals surface area contributed by atoms with Crippen molar-refractivity contribution in [2.24, 2.45) is 12.0 Å². The zero-order chi connectivity index (χ0) is 35.9. The van der Waals surface area contributed by atoms with Gasteiger partial charge in [0.05, 0.1) is 0 Å². The quantitative estimate of drug-likeness (QED) is 0.0926. The number of ketones is 1. The van der Waals surface area contributed by atoms with E-state index in [0.717, 1.165) is 15.6 Å². The normalized spacial score (nSPS) is 19.7. The van der Waals surface area contributed by atoms with E-state index in [2.05, 4.69) is 31.5 Å². The van der Waals surface area contributed by atoms with Gasteiger partial charge >= 0.3 is 5.97 Å². The number of carbonyl (C=O) groups excluding carboxylic acids is 3. The molecule has 12 nitrogen and oxygen atoms in total. The number of methoxy groups -OCH3 is 1. The number of aliphatic imine (C=N–C) groups is 1. The van der Waals surface area contributed by atoms with Crippen LogP contribution >= 0.6 is 39.5 Å². The number of thioether (sulfide) groups is 2. The number of halogens is 1. The lowest BCUT2D eigenvalue weighted by molar-refractivity contribution is -0.182. The molecule has 2 atom stereocenters. The number of ether oxygens (including phenoxy) is 2. The zero-order valence-corrected chi connectivity index (χ0v) is 31.8. The van der Waals surface area contributed by atoms with Crippen molar-refractivity contribution in [1.29, 1.82) is 0 Å². The zero-order valence-electron chi connectivity index (χ0n) is 28.6. The number of hydrogen-bond acceptors (Lipinski definition) is 12. The third kappa shape index (κ3) is 7.35. The summed E-state index contributed by atoms with van der Waals surface area (Å²) in [5, 5.41) is 22.5. The number of nitrogens with zero attached hydrogens (tertiary/aromatic N) is 6. The molecule has 0 spiro atoms. The molecule has 49 heavy (non-hydrogen) atoms. The molecule has 2 aromatic carbocycles. The fourth-order valence-corrected chi connectivity index (χ4v) is 8.17. The molecule has 1 saturated heterocycles. The Balaban J connectivity index is 1.46. The number of aromatic hydroxyl groups is 1. The van der Waals surface area contributed by atoms with E-state index in [0.29, 0.717) is 33.4 Å². The molecular weight excluding hydrogens is 732 g/mol. The highest BCUT2D eigenvalue weighted by Crippen LogP contribution is 2.49. The Kier molecular flexibility index (Phi) is 10.5. The second-order valence-corrected chi connectivity index (χ2v) is 16.7. The van der Waals surface area contributed by atoms with E-state index in [9.17, 15) is 19.5 Å². The highest BCUT2D eigenvalue weighted by molar-refractivity contribution is 9.10. The Labute approximate surface area is 302 Å². The molecule has 1 amide bonds. The molecule has 0 aliphatic carbocycles. The molecule has 0 unspecified atom stereocenters. The van der Waals surface area contributed by atoms with Gasteiger partial charge in [-0.3, -0.25) is 14.5 Å². The SMILES string of the molecule is CO[C@@]1(N=Cc2cc(C(C)(C)C)c(O)c(C(C)(C)C)c2)C(=O)N2C(C(=O)OCC(=O)c3ccc(Br)cc3)=C(CSc3nnnn3C)CS[C@H]21. The molecule has 15 heteroatoms. The van der Waals surface area contributed by atoms with Gasteiger partial charge in [0.1, 0.15) is 16.8 Å². The van der Waals surface area contributed by atoms with Crippen LogP contribution in [0.4, 0.5) is 0 Å². The van der Waals surface area contributed by atoms with E-state index in [4.69, 9.17) is 14.5 Å². The molecule has 0 bridgehead atoms. The summed E-state index contributed by atoms with van der Waals surface area (Å²) < 4.78 is 13.7. The molecular formula is C34H39BrN6O6S2. The second-order valence-electron chi connectivity index (χ2n) is 13.8. The molecule has 5 rings (SSSR count). The van der Waals surface area contributed by atoms with Gasteiger partial charge in [-0.25, -0.2) is 14.5 Å². The summed E-state index contributed by atoms with van der Waals surface area (Å²) in [5.74, 6) is -0.823. The summed E-state index contributed by atoms with van der Waals surface area (Å²) in [7, 11) is 3.12. The smallest absolute Gasteiger partial charge is 0.355 e. The number of rotatable bonds is 10. The number of Topliss-reactive ketones (excluding diaryl/α,β-unsaturated/α-hetero) is 1. The minimum Gasteiger partial charge on any atom is -0.507 e. The number of hydrogen-bond donors (Lipinski definition) is 1. The van der Waals surface area contributed by atoms with E-state index < -0.39 is 29.6 Å². The van der Waals surface area contributed by atoms with E-state index in [1.54, 1.807) is 37.5 Å². The number of esters is 1. The van der Waals surface area contributed by atoms with Crippen molar-refractivity contribution in [3.63, 3.8) is 0 Å². The first-order valence-corrected chi connectivity index (χ1v) is 18.3. The predicted octanol–water partition coefficient (Wildman–Crippen LogP) is 5.42. The Hall–Kier alpha value is -3.53. The summed E-state index contributed by atoms with van der Waals surface area (Å²) in [4.78, 5) is 46.8. The molecule has 3 aromatic rings. The minimum absolute atomic E-state index is 0.0533. The van der Waals surface area contributed by atoms with E-state index in [1.165, 1.54) is 40.2 Å². The summed E-state index contributed by atoms with van der Waals surface area (Å²) in [6, 6.07) is 10.5. The lowest BCUT2D eigenvalue weighted by Crippen LogP contribution is -2.73. The first kappa shape index (κ1) is 36.7. The minimum atomic E-state index is -1.61. The van der Waals surface area contributed by atoms with Crippen LogP contribution in [0.1, 0.15) is 68.6 Å². The summed E-state index contributed by atoms with van der Waals surface area (Å²) in [6.45, 7) is 11.6. The van der Waals surface area contributed by atoms with Crippen LogP contribution in [0.5, 0.6) is 5.75 Å². The maximum absolute atomic E-state index is 14.1. The van der Waals surface area contributed by atoms with E-state index in [1.807, 2.05) is 53.7 Å². The van der Waals surface area contributed by atoms with Crippen molar-refractivity contribution in [2.45, 2.75) is 68.6 Å². The lowest BCUT2D eigenvalue weighted by Gasteiger charge is -2.54. The van der Waals surface area contributed by atoms with Crippen LogP contribution in [-0.4, -0.2) is 90.4 Å². The third-order valence-corrected chi connectivity index (χ3v) is 11.2. The number of phenolic OH excluding ortho intramolecular Hbond substituents is 1. The van der Waals surface area contributed by atoms with Gasteiger partial charge in [-0.2, -0.15) is 0 Å². The first-order chi connectivity index (χ1) is 23.0. The van der Waals surface area contributed by atoms with Crippen molar-refractivity contribution >= 4 is 63.3 Å². The standard InChI is InChI=1S/C34H39BrN6O6S2/c1-32(2,3)23-13-19(14-24(27(23)43)33(4,5)6)15-36-34(46-8)29(45)41-26(28(44)47-16-25(42)20-9-11-22(35)12-10-20)21(17-48-30(34)41)18-49-31-37-38-39-40(31)7/h9-15,30,43H,16-18H2,1-8H3/t30-,34-/m0/s1. The van der Waals surface area contributed by atoms with Gasteiger partial charge < -0.3 is 14.6 Å². The van der Waals surface area contributed by atoms with Crippen LogP contribution in [0.25, 0.3) is 0 Å². The molecule has 1 aromatic heterocycles. The second kappa shape index (κ2) is 14.0. The lowest BCUT2D eigenvalue weighted by atomic mass is 9.78. The topological polar surface area (TPSA) is 149 Å². The average Bonchev–Trinajstić information content (AvgIpc) is 3.46. The van der Waals surface area contributed by atoms with Crippen LogP contribution in [0.15, 0.2) is 62.3 Å². The van der Waals surface area contributed by atoms with Crippen molar-refractivity contribution in [1.82, 2.24) is 25.1 Å². The number of tetrazole rings is 1. The largest absolute Gasteiger partial charge is 0.507 e. The number of phenols is 1. The number of aromatic nitrogens is 4. The molecule has 0 radical (unpaired) electrons. The van der Waals surface area contributed by atoms with Crippen LogP contribution in [0.2, 0.25) is 0 Å². The molecule has 1 N–H and O–H groups in total. The highest BCUT2D eigenvalue weighted by Gasteiger charge is 2.66. The number of amides is 1. The monoisotopic (exact) mass is 770 g/mol. The molecule has 3 heterocycles. The number of aryl methyl sites for hydroxylation is 1. The van der Waals surface area contributed by atoms with Gasteiger partial charge in [-0.1, -0.05) is 81.4 Å². The number of β-lactam (4-membered cyclic amide) rings is 1. The molecule has 2 aliphatic rings. The van der Waals surface area contributed by atoms with Gasteiger partial charge in [0.15, 0.2) is 12.4 Å². The Morgan fingerprint density at radius 3 is 2.33 bits per heavy atom. The van der Waals surface area contributed by atoms with Crippen LogP contribution in [0, 0.1) is 0 Å². The summed E-state index contributed by atoms with van der Waals surface area (Å²) in [6.07, 6.45) is 1.59. The van der Waals surface area contributed by atoms with Gasteiger partial charge in [0.2, 0.25) is 5.16 Å². The summed E-state index contributed by atoms with van der Waals surface area (Å²) in [5.41, 5.74) is 0.952. The van der Waals surface area contributed by atoms with Crippen molar-refractivity contribution in [2.75, 3.05) is 25.2 Å². The van der Waals surface area contributed by atoms with Crippen LogP contribution < -0.4 is 0 Å². The number of benzene rings is 2. The fraction of sp³-hybridized carbons (Fsp3) is 0.441. The van der Waals surface area contributed by atoms with Gasteiger partial charge in [-0.15, -0.1) is 16.9 Å². The van der Waals surface area contributed by atoms with Crippen LogP contribution in [-0.2, 0) is 36.9 Å². The third-order valence-electron chi connectivity index (χ3n) is 8.20. The average molecular weight is 772 g/mol. The molecule has 1 fully saturated rings. The van der Waals surface area contributed by atoms with Gasteiger partial charge in [0, 0.05) is 53.0 Å². The van der Waals surface area contributed by atoms with Gasteiger partial charge in [0.25, 0.3) is 11.6 Å². The first-order valence-electron chi connectivity index (χ1n) is 15.4. The van der Waals surface area contributed by atoms with Gasteiger partial charge in [-0.05, 0) is 56.7 Å². The van der Waals surface area contributed by atoms with Crippen molar-refractivity contribution < 1.29 is 29.0 Å². The Morgan fingerprint density at radius 1 is 1.14 bits per heavy atom. The molecule has 2 aliphatic heterocycles. The summed E-state index contributed by atoms with van der Waals surface area (Å²) >= 11 is 6.07. The van der Waals surface area contributed by atoms with Crippen LogP contribution in [0.3, 0.4) is 0 Å². The maximum Gasteiger partial charge on any atom is 0.355 e.